The number of carbonyl (C=O) groups excluding carboxylic acids is 1. The van der Waals surface area contributed by atoms with Gasteiger partial charge in [0.1, 0.15) is 11.7 Å². The van der Waals surface area contributed by atoms with Crippen molar-refractivity contribution in [3.63, 3.8) is 0 Å². The molecule has 38 heavy (non-hydrogen) atoms. The number of amides is 1. The number of piperidine rings is 1. The van der Waals surface area contributed by atoms with Crippen molar-refractivity contribution < 1.29 is 4.79 Å². The number of hydrogen-bond donors (Lipinski definition) is 1. The number of aryl methyl sites for hydroxylation is 1. The highest BCUT2D eigenvalue weighted by Crippen LogP contribution is 2.30. The van der Waals surface area contributed by atoms with Crippen LogP contribution >= 0.6 is 23.2 Å². The fourth-order valence-corrected chi connectivity index (χ4v) is 6.24. The molecule has 1 atom stereocenters. The molecular formula is C29H40Cl2N6O. The number of likely N-dealkylation sites (tertiary alicyclic amines) is 1. The average Bonchev–Trinajstić information content (AvgIpc) is 3.49. The fraction of sp³-hybridized carbons (Fsp3) is 0.552. The summed E-state index contributed by atoms with van der Waals surface area (Å²) in [6.45, 7) is 14.2. The van der Waals surface area contributed by atoms with Crippen molar-refractivity contribution in [3.8, 4) is 0 Å². The molecule has 7 nitrogen and oxygen atoms in total. The monoisotopic (exact) mass is 558 g/mol. The lowest BCUT2D eigenvalue weighted by atomic mass is 9.97. The first kappa shape index (κ1) is 28.7. The molecule has 9 heteroatoms. The fourth-order valence-electron chi connectivity index (χ4n) is 5.73. The van der Waals surface area contributed by atoms with Crippen LogP contribution in [-0.2, 0) is 0 Å². The SMILES string of the molecule is CC.CCC1CN(c2ncc(C3=NCCN3)cc2Cl)CCN1C1CCN(C(=O)c2ccc(Cl)cc2C)CC1. The van der Waals surface area contributed by atoms with E-state index < -0.39 is 0 Å². The van der Waals surface area contributed by atoms with Crippen LogP contribution in [0.4, 0.5) is 5.82 Å². The van der Waals surface area contributed by atoms with Crippen molar-refractivity contribution in [3.05, 3.63) is 57.2 Å². The van der Waals surface area contributed by atoms with E-state index in [2.05, 4.69) is 27.0 Å². The summed E-state index contributed by atoms with van der Waals surface area (Å²) in [5, 5.41) is 4.63. The first-order valence-electron chi connectivity index (χ1n) is 13.9. The van der Waals surface area contributed by atoms with Crippen molar-refractivity contribution in [1.82, 2.24) is 20.1 Å². The first-order valence-corrected chi connectivity index (χ1v) is 14.7. The molecule has 1 N–H and O–H groups in total. The molecule has 4 heterocycles. The molecule has 206 valence electrons. The van der Waals surface area contributed by atoms with Gasteiger partial charge in [0.05, 0.1) is 11.6 Å². The van der Waals surface area contributed by atoms with E-state index in [1.54, 1.807) is 6.07 Å². The van der Waals surface area contributed by atoms with Gasteiger partial charge in [-0.1, -0.05) is 44.0 Å². The number of piperazine rings is 1. The van der Waals surface area contributed by atoms with E-state index in [4.69, 9.17) is 28.2 Å². The lowest BCUT2D eigenvalue weighted by Gasteiger charge is -2.47. The third kappa shape index (κ3) is 6.27. The molecule has 3 aliphatic heterocycles. The van der Waals surface area contributed by atoms with Crippen molar-refractivity contribution in [2.45, 2.75) is 59.0 Å². The van der Waals surface area contributed by atoms with Crippen LogP contribution in [0.2, 0.25) is 10.0 Å². The number of rotatable bonds is 5. The van der Waals surface area contributed by atoms with E-state index in [1.807, 2.05) is 50.1 Å². The maximum atomic E-state index is 13.1. The number of nitrogens with zero attached hydrogens (tertiary/aromatic N) is 5. The number of aromatic nitrogens is 1. The second-order valence-corrected chi connectivity index (χ2v) is 10.8. The van der Waals surface area contributed by atoms with Gasteiger partial charge in [-0.3, -0.25) is 14.7 Å². The summed E-state index contributed by atoms with van der Waals surface area (Å²) >= 11 is 12.8. The molecule has 0 spiro atoms. The minimum atomic E-state index is 0.113. The molecule has 0 aliphatic carbocycles. The number of aliphatic imine (C=N–C) groups is 1. The molecule has 0 bridgehead atoms. The van der Waals surface area contributed by atoms with Crippen LogP contribution < -0.4 is 10.2 Å². The third-order valence-electron chi connectivity index (χ3n) is 7.71. The molecule has 2 saturated heterocycles. The molecule has 1 unspecified atom stereocenters. The number of anilines is 1. The van der Waals surface area contributed by atoms with Crippen molar-refractivity contribution in [1.29, 1.82) is 0 Å². The van der Waals surface area contributed by atoms with Crippen LogP contribution in [0.5, 0.6) is 0 Å². The summed E-state index contributed by atoms with van der Waals surface area (Å²) in [6, 6.07) is 8.41. The lowest BCUT2D eigenvalue weighted by molar-refractivity contribution is 0.0490. The van der Waals surface area contributed by atoms with E-state index >= 15 is 0 Å². The Kier molecular flexibility index (Phi) is 9.91. The Bertz CT molecular complexity index is 1150. The third-order valence-corrected chi connectivity index (χ3v) is 8.22. The molecular weight excluding hydrogens is 519 g/mol. The van der Waals surface area contributed by atoms with Crippen LogP contribution in [0, 0.1) is 6.92 Å². The van der Waals surface area contributed by atoms with Gasteiger partial charge >= 0.3 is 0 Å². The van der Waals surface area contributed by atoms with Gasteiger partial charge in [-0.2, -0.15) is 0 Å². The Labute approximate surface area is 237 Å². The number of carbonyl (C=O) groups is 1. The minimum Gasteiger partial charge on any atom is -0.368 e. The van der Waals surface area contributed by atoms with E-state index in [0.29, 0.717) is 22.1 Å². The number of benzene rings is 1. The van der Waals surface area contributed by atoms with E-state index in [1.165, 1.54) is 0 Å². The highest BCUT2D eigenvalue weighted by Gasteiger charge is 2.35. The number of halogens is 2. The Morgan fingerprint density at radius 2 is 1.87 bits per heavy atom. The molecule has 0 saturated carbocycles. The zero-order valence-corrected chi connectivity index (χ0v) is 24.5. The summed E-state index contributed by atoms with van der Waals surface area (Å²) in [4.78, 5) is 29.3. The molecule has 1 aromatic heterocycles. The zero-order chi connectivity index (χ0) is 27.2. The normalized spacial score (nSPS) is 20.5. The van der Waals surface area contributed by atoms with Gasteiger partial charge in [0, 0.05) is 73.7 Å². The maximum absolute atomic E-state index is 13.1. The maximum Gasteiger partial charge on any atom is 0.254 e. The Balaban J connectivity index is 0.00000164. The lowest BCUT2D eigenvalue weighted by Crippen LogP contribution is -2.58. The number of nitrogens with one attached hydrogen (secondary N) is 1. The van der Waals surface area contributed by atoms with Crippen molar-refractivity contribution in [2.24, 2.45) is 4.99 Å². The van der Waals surface area contributed by atoms with Gasteiger partial charge in [0.15, 0.2) is 0 Å². The van der Waals surface area contributed by atoms with Crippen molar-refractivity contribution >= 4 is 40.8 Å². The van der Waals surface area contributed by atoms with Gasteiger partial charge in [-0.25, -0.2) is 4.98 Å². The number of pyridine rings is 1. The van der Waals surface area contributed by atoms with E-state index in [9.17, 15) is 4.79 Å². The van der Waals surface area contributed by atoms with Crippen LogP contribution in [0.25, 0.3) is 0 Å². The topological polar surface area (TPSA) is 64.1 Å². The predicted molar refractivity (Wildman–Crippen MR) is 158 cm³/mol. The second-order valence-electron chi connectivity index (χ2n) is 9.92. The Morgan fingerprint density at radius 3 is 2.50 bits per heavy atom. The molecule has 3 aliphatic rings. The molecule has 0 radical (unpaired) electrons. The number of hydrogen-bond acceptors (Lipinski definition) is 6. The van der Waals surface area contributed by atoms with E-state index in [0.717, 1.165) is 93.4 Å². The van der Waals surface area contributed by atoms with Crippen LogP contribution in [0.1, 0.15) is 61.5 Å². The molecule has 1 aromatic carbocycles. The van der Waals surface area contributed by atoms with Crippen molar-refractivity contribution in [2.75, 3.05) is 50.7 Å². The highest BCUT2D eigenvalue weighted by molar-refractivity contribution is 6.33. The summed E-state index contributed by atoms with van der Waals surface area (Å²) in [7, 11) is 0. The minimum absolute atomic E-state index is 0.113. The molecule has 2 aromatic rings. The van der Waals surface area contributed by atoms with E-state index in [-0.39, 0.29) is 5.91 Å². The van der Waals surface area contributed by atoms with Gasteiger partial charge in [0.2, 0.25) is 0 Å². The van der Waals surface area contributed by atoms with Gasteiger partial charge in [0.25, 0.3) is 5.91 Å². The summed E-state index contributed by atoms with van der Waals surface area (Å²) in [6.07, 6.45) is 4.94. The van der Waals surface area contributed by atoms with Gasteiger partial charge in [-0.15, -0.1) is 0 Å². The zero-order valence-electron chi connectivity index (χ0n) is 23.0. The molecule has 2 fully saturated rings. The highest BCUT2D eigenvalue weighted by atomic mass is 35.5. The smallest absolute Gasteiger partial charge is 0.254 e. The average molecular weight is 560 g/mol. The standard InChI is InChI=1S/C27H34Cl2N6O.C2H6/c1-3-21-17-34(26-24(29)15-19(16-32-26)25-30-8-9-31-25)12-13-35(21)22-6-10-33(11-7-22)27(36)23-5-4-20(28)14-18(23)2;1-2/h4-5,14-16,21-22H,3,6-13,17H2,1-2H3,(H,30,31);1-2H3. The van der Waals surface area contributed by atoms with Crippen LogP contribution in [-0.4, -0.2) is 84.4 Å². The Hall–Kier alpha value is -2.35. The summed E-state index contributed by atoms with van der Waals surface area (Å²) in [5.74, 6) is 1.85. The second kappa shape index (κ2) is 13.1. The summed E-state index contributed by atoms with van der Waals surface area (Å²) in [5.41, 5.74) is 2.63. The largest absolute Gasteiger partial charge is 0.368 e. The quantitative estimate of drug-likeness (QED) is 0.541. The summed E-state index contributed by atoms with van der Waals surface area (Å²) < 4.78 is 0. The molecule has 1 amide bonds. The van der Waals surface area contributed by atoms with Gasteiger partial charge < -0.3 is 15.1 Å². The Morgan fingerprint density at radius 1 is 1.11 bits per heavy atom. The predicted octanol–water partition coefficient (Wildman–Crippen LogP) is 5.28. The van der Waals surface area contributed by atoms with Gasteiger partial charge in [-0.05, 0) is 56.0 Å². The molecule has 5 rings (SSSR count). The number of amidine groups is 1. The first-order chi connectivity index (χ1) is 18.4. The van der Waals surface area contributed by atoms with Crippen LogP contribution in [0.3, 0.4) is 0 Å². The van der Waals surface area contributed by atoms with Crippen LogP contribution in [0.15, 0.2) is 35.5 Å².